The van der Waals surface area contributed by atoms with E-state index in [1.807, 2.05) is 0 Å². The van der Waals surface area contributed by atoms with Crippen LogP contribution in [0.3, 0.4) is 0 Å². The van der Waals surface area contributed by atoms with Crippen molar-refractivity contribution in [3.8, 4) is 0 Å². The van der Waals surface area contributed by atoms with Crippen molar-refractivity contribution >= 4 is 11.9 Å². The van der Waals surface area contributed by atoms with Crippen LogP contribution in [0.5, 0.6) is 0 Å². The Labute approximate surface area is 164 Å². The first-order valence-corrected chi connectivity index (χ1v) is 11.1. The molecule has 0 radical (unpaired) electrons. The Bertz CT molecular complexity index is 562. The third kappa shape index (κ3) is 4.75. The molecule has 4 aliphatic rings. The second-order valence-corrected chi connectivity index (χ2v) is 9.72. The van der Waals surface area contributed by atoms with Crippen molar-refractivity contribution in [3.05, 3.63) is 12.2 Å². The van der Waals surface area contributed by atoms with Gasteiger partial charge in [-0.1, -0.05) is 45.3 Å². The van der Waals surface area contributed by atoms with Crippen molar-refractivity contribution in [2.75, 3.05) is 0 Å². The van der Waals surface area contributed by atoms with Crippen molar-refractivity contribution in [2.24, 2.45) is 29.1 Å². The van der Waals surface area contributed by atoms with E-state index in [1.54, 1.807) is 0 Å². The number of carbonyl (C=O) groups excluding carboxylic acids is 1. The predicted molar refractivity (Wildman–Crippen MR) is 107 cm³/mol. The third-order valence-corrected chi connectivity index (χ3v) is 7.73. The average molecular weight is 376 g/mol. The Kier molecular flexibility index (Phi) is 6.65. The minimum absolute atomic E-state index is 0.229. The topological polar surface area (TPSA) is 66.4 Å². The summed E-state index contributed by atoms with van der Waals surface area (Å²) in [6.07, 6.45) is 15.4. The summed E-state index contributed by atoms with van der Waals surface area (Å²) in [7, 11) is 0. The fourth-order valence-corrected chi connectivity index (χ4v) is 5.77. The summed E-state index contributed by atoms with van der Waals surface area (Å²) in [5, 5.41) is 12.2. The Morgan fingerprint density at radius 2 is 1.85 bits per heavy atom. The van der Waals surface area contributed by atoms with Crippen molar-refractivity contribution < 1.29 is 14.7 Å². The molecule has 4 aliphatic carbocycles. The molecule has 2 N–H and O–H groups in total. The van der Waals surface area contributed by atoms with E-state index < -0.39 is 5.97 Å². The normalized spacial score (nSPS) is 32.8. The molecule has 0 heterocycles. The average Bonchev–Trinajstić information content (AvgIpc) is 2.65. The minimum Gasteiger partial charge on any atom is -0.481 e. The van der Waals surface area contributed by atoms with Crippen LogP contribution >= 0.6 is 0 Å². The molecule has 4 saturated carbocycles. The molecule has 0 aromatic carbocycles. The van der Waals surface area contributed by atoms with E-state index in [0.29, 0.717) is 35.6 Å². The summed E-state index contributed by atoms with van der Waals surface area (Å²) in [4.78, 5) is 23.5. The van der Waals surface area contributed by atoms with Crippen LogP contribution in [-0.4, -0.2) is 23.0 Å². The zero-order chi connectivity index (χ0) is 19.4. The number of carboxylic acid groups (broad SMARTS) is 1. The molecule has 0 aromatic heterocycles. The Hall–Kier alpha value is -1.32. The first-order valence-electron chi connectivity index (χ1n) is 11.1. The molecular formula is C23H37NO3. The summed E-state index contributed by atoms with van der Waals surface area (Å²) >= 11 is 0. The van der Waals surface area contributed by atoms with Crippen LogP contribution < -0.4 is 5.32 Å². The van der Waals surface area contributed by atoms with Crippen LogP contribution in [0.4, 0.5) is 0 Å². The van der Waals surface area contributed by atoms with E-state index in [-0.39, 0.29) is 12.3 Å². The van der Waals surface area contributed by atoms with Crippen LogP contribution in [0, 0.1) is 29.1 Å². The van der Waals surface area contributed by atoms with Crippen molar-refractivity contribution in [1.29, 1.82) is 0 Å². The van der Waals surface area contributed by atoms with Gasteiger partial charge in [-0.15, -0.1) is 0 Å². The van der Waals surface area contributed by atoms with Gasteiger partial charge in [0, 0.05) is 18.4 Å². The first kappa shape index (κ1) is 20.4. The second kappa shape index (κ2) is 8.79. The smallest absolute Gasteiger partial charge is 0.303 e. The maximum absolute atomic E-state index is 12.9. The number of nitrogens with one attached hydrogen (secondary N) is 1. The van der Waals surface area contributed by atoms with E-state index in [0.717, 1.165) is 31.6 Å². The van der Waals surface area contributed by atoms with Crippen LogP contribution in [0.25, 0.3) is 0 Å². The van der Waals surface area contributed by atoms with Gasteiger partial charge in [-0.25, -0.2) is 0 Å². The lowest BCUT2D eigenvalue weighted by molar-refractivity contribution is -0.140. The number of hydrogen-bond acceptors (Lipinski definition) is 2. The fraction of sp³-hybridized carbons (Fsp3) is 0.826. The molecule has 27 heavy (non-hydrogen) atoms. The van der Waals surface area contributed by atoms with Crippen molar-refractivity contribution in [3.63, 3.8) is 0 Å². The quantitative estimate of drug-likeness (QED) is 0.467. The van der Waals surface area contributed by atoms with Crippen LogP contribution in [-0.2, 0) is 9.59 Å². The van der Waals surface area contributed by atoms with Gasteiger partial charge in [0.05, 0.1) is 0 Å². The number of hydrogen-bond donors (Lipinski definition) is 2. The van der Waals surface area contributed by atoms with Gasteiger partial charge in [0.25, 0.3) is 0 Å². The summed E-state index contributed by atoms with van der Waals surface area (Å²) in [6, 6.07) is 0.308. The highest BCUT2D eigenvalue weighted by molar-refractivity contribution is 5.79. The van der Waals surface area contributed by atoms with Gasteiger partial charge < -0.3 is 10.4 Å². The maximum Gasteiger partial charge on any atom is 0.303 e. The number of carbonyl (C=O) groups is 2. The number of aliphatic carboxylic acids is 1. The van der Waals surface area contributed by atoms with E-state index in [1.165, 1.54) is 32.1 Å². The van der Waals surface area contributed by atoms with Crippen molar-refractivity contribution in [2.45, 2.75) is 90.5 Å². The fourth-order valence-electron chi connectivity index (χ4n) is 5.77. The van der Waals surface area contributed by atoms with Gasteiger partial charge in [-0.3, -0.25) is 9.59 Å². The Morgan fingerprint density at radius 3 is 2.52 bits per heavy atom. The molecule has 0 saturated heterocycles. The highest BCUT2D eigenvalue weighted by Gasteiger charge is 2.57. The minimum atomic E-state index is -0.719. The molecule has 4 fully saturated rings. The molecule has 0 aromatic rings. The standard InChI is InChI=1S/C23H37NO3/c1-23(2)18-14-17(12-6-3-4-9-13-20(25)26)21(19(23)15-18)24-22(27)16-10-7-5-8-11-16/h3,6,16-19,21H,4-5,7-15H2,1-2H3,(H,24,27)(H,25,26)/b6-3-/t17-,18-,19-,21+/m0/s1. The number of carboxylic acids is 1. The summed E-state index contributed by atoms with van der Waals surface area (Å²) in [6.45, 7) is 4.76. The largest absolute Gasteiger partial charge is 0.481 e. The van der Waals surface area contributed by atoms with Crippen LogP contribution in [0.1, 0.15) is 84.5 Å². The van der Waals surface area contributed by atoms with Gasteiger partial charge in [-0.05, 0) is 68.1 Å². The zero-order valence-corrected chi connectivity index (χ0v) is 17.1. The lowest BCUT2D eigenvalue weighted by atomic mass is 9.44. The highest BCUT2D eigenvalue weighted by Crippen LogP contribution is 2.61. The van der Waals surface area contributed by atoms with E-state index in [2.05, 4.69) is 31.3 Å². The maximum atomic E-state index is 12.9. The van der Waals surface area contributed by atoms with Crippen LogP contribution in [0.2, 0.25) is 0 Å². The monoisotopic (exact) mass is 375 g/mol. The van der Waals surface area contributed by atoms with Gasteiger partial charge in [-0.2, -0.15) is 0 Å². The van der Waals surface area contributed by atoms with Crippen LogP contribution in [0.15, 0.2) is 12.2 Å². The highest BCUT2D eigenvalue weighted by atomic mass is 16.4. The van der Waals surface area contributed by atoms with Gasteiger partial charge >= 0.3 is 5.97 Å². The van der Waals surface area contributed by atoms with Crippen molar-refractivity contribution in [1.82, 2.24) is 5.32 Å². The number of rotatable bonds is 8. The first-order chi connectivity index (χ1) is 12.9. The Balaban J connectivity index is 1.56. The molecule has 1 amide bonds. The number of fused-ring (bicyclic) bond motifs is 2. The third-order valence-electron chi connectivity index (χ3n) is 7.73. The van der Waals surface area contributed by atoms with E-state index in [4.69, 9.17) is 5.11 Å². The molecule has 152 valence electrons. The summed E-state index contributed by atoms with van der Waals surface area (Å²) < 4.78 is 0. The number of unbranched alkanes of at least 4 members (excludes halogenated alkanes) is 1. The molecule has 0 spiro atoms. The Morgan fingerprint density at radius 1 is 1.11 bits per heavy atom. The summed E-state index contributed by atoms with van der Waals surface area (Å²) in [5.41, 5.74) is 0.353. The molecule has 0 aliphatic heterocycles. The second-order valence-electron chi connectivity index (χ2n) is 9.72. The zero-order valence-electron chi connectivity index (χ0n) is 17.1. The predicted octanol–water partition coefficient (Wildman–Crippen LogP) is 4.93. The number of allylic oxidation sites excluding steroid dienone is 2. The van der Waals surface area contributed by atoms with E-state index >= 15 is 0 Å². The molecule has 4 rings (SSSR count). The molecule has 0 unspecified atom stereocenters. The molecule has 4 nitrogen and oxygen atoms in total. The SMILES string of the molecule is CC1(C)[C@H]2C[C@H](C/C=C\CCCC(=O)O)[C@@H](NC(=O)C3CCCCC3)[C@@H]1C2. The molecule has 4 atom stereocenters. The number of amides is 1. The lowest BCUT2D eigenvalue weighted by Crippen LogP contribution is -2.63. The van der Waals surface area contributed by atoms with Gasteiger partial charge in [0.1, 0.15) is 0 Å². The summed E-state index contributed by atoms with van der Waals surface area (Å²) in [5.74, 6) is 1.74. The molecule has 2 bridgehead atoms. The van der Waals surface area contributed by atoms with Gasteiger partial charge in [0.15, 0.2) is 0 Å². The van der Waals surface area contributed by atoms with E-state index in [9.17, 15) is 9.59 Å². The molecule has 4 heteroatoms. The lowest BCUT2D eigenvalue weighted by Gasteiger charge is -2.62. The molecular weight excluding hydrogens is 338 g/mol. The van der Waals surface area contributed by atoms with Gasteiger partial charge in [0.2, 0.25) is 5.91 Å².